The molecule has 0 aliphatic heterocycles. The summed E-state index contributed by atoms with van der Waals surface area (Å²) < 4.78 is 7.05. The number of aromatic nitrogens is 2. The highest BCUT2D eigenvalue weighted by Gasteiger charge is 2.28. The molecule has 1 aromatic heterocycles. The molecule has 0 bridgehead atoms. The molecule has 0 aliphatic carbocycles. The van der Waals surface area contributed by atoms with Crippen molar-refractivity contribution in [3.63, 3.8) is 0 Å². The van der Waals surface area contributed by atoms with Crippen LogP contribution < -0.4 is 0 Å². The van der Waals surface area contributed by atoms with Gasteiger partial charge in [-0.2, -0.15) is 5.10 Å². The molecule has 0 radical (unpaired) electrons. The monoisotopic (exact) mass is 342 g/mol. The maximum Gasteiger partial charge on any atom is 0.359 e. The Morgan fingerprint density at radius 1 is 1.42 bits per heavy atom. The first kappa shape index (κ1) is 17.8. The Labute approximate surface area is 147 Å². The molecule has 0 amide bonds. The summed E-state index contributed by atoms with van der Waals surface area (Å²) in [5, 5.41) is 4.48. The van der Waals surface area contributed by atoms with Crippen molar-refractivity contribution in [3.8, 4) is 11.8 Å². The minimum absolute atomic E-state index is 0.163. The fourth-order valence-corrected chi connectivity index (χ4v) is 2.44. The van der Waals surface area contributed by atoms with Crippen molar-refractivity contribution in [1.82, 2.24) is 9.78 Å². The number of carbonyl (C=O) groups excluding carboxylic acids is 1. The van der Waals surface area contributed by atoms with E-state index in [1.165, 1.54) is 12.3 Å². The minimum Gasteiger partial charge on any atom is -0.442 e. The first-order chi connectivity index (χ1) is 11.4. The molecule has 4 nitrogen and oxygen atoms in total. The number of benzene rings is 1. The molecule has 0 aliphatic rings. The van der Waals surface area contributed by atoms with E-state index in [9.17, 15) is 4.79 Å². The Morgan fingerprint density at radius 2 is 2.08 bits per heavy atom. The van der Waals surface area contributed by atoms with Crippen LogP contribution in [-0.2, 0) is 4.74 Å². The topological polar surface area (TPSA) is 44.1 Å². The summed E-state index contributed by atoms with van der Waals surface area (Å²) in [5.41, 5.74) is 0.262. The van der Waals surface area contributed by atoms with Crippen LogP contribution in [0.5, 0.6) is 0 Å². The van der Waals surface area contributed by atoms with Crippen LogP contribution in [0.1, 0.15) is 42.9 Å². The lowest BCUT2D eigenvalue weighted by molar-refractivity contribution is 0.0189. The second kappa shape index (κ2) is 7.37. The predicted octanol–water partition coefficient (Wildman–Crippen LogP) is 4.27. The van der Waals surface area contributed by atoms with E-state index in [2.05, 4.69) is 23.5 Å². The number of nitrogens with zero attached hydrogens (tertiary/aromatic N) is 2. The molecule has 0 N–H and O–H groups in total. The van der Waals surface area contributed by atoms with E-state index in [0.29, 0.717) is 0 Å². The summed E-state index contributed by atoms with van der Waals surface area (Å²) in [6.07, 6.45) is 2.89. The molecule has 2 rings (SSSR count). The lowest BCUT2D eigenvalue weighted by atomic mass is 10.1. The number of hydrogen-bond donors (Lipinski definition) is 0. The maximum atomic E-state index is 12.6. The van der Waals surface area contributed by atoms with Gasteiger partial charge < -0.3 is 4.74 Å². The quantitative estimate of drug-likeness (QED) is 0.615. The van der Waals surface area contributed by atoms with Crippen molar-refractivity contribution in [2.24, 2.45) is 0 Å². The van der Waals surface area contributed by atoms with Gasteiger partial charge in [0.25, 0.3) is 0 Å². The summed E-state index contributed by atoms with van der Waals surface area (Å²) >= 11 is 6.17. The number of ether oxygens (including phenoxy) is 1. The highest BCUT2D eigenvalue weighted by atomic mass is 35.5. The molecule has 5 heteroatoms. The van der Waals surface area contributed by atoms with E-state index in [4.69, 9.17) is 16.3 Å². The average Bonchev–Trinajstić information content (AvgIpc) is 2.94. The molecule has 1 atom stereocenters. The van der Waals surface area contributed by atoms with Crippen LogP contribution in [0.15, 0.2) is 49.2 Å². The number of esters is 1. The number of halogens is 1. The lowest BCUT2D eigenvalue weighted by Gasteiger charge is -2.21. The summed E-state index contributed by atoms with van der Waals surface area (Å²) in [6.45, 7) is 8.88. The van der Waals surface area contributed by atoms with Gasteiger partial charge in [0.05, 0.1) is 17.3 Å². The lowest BCUT2D eigenvalue weighted by Crippen LogP contribution is -2.28. The van der Waals surface area contributed by atoms with Gasteiger partial charge in [0, 0.05) is 0 Å². The largest absolute Gasteiger partial charge is 0.442 e. The van der Waals surface area contributed by atoms with Gasteiger partial charge in [0.2, 0.25) is 0 Å². The number of rotatable bonds is 4. The molecule has 2 aromatic rings. The van der Waals surface area contributed by atoms with Crippen molar-refractivity contribution in [3.05, 3.63) is 65.5 Å². The van der Waals surface area contributed by atoms with Crippen LogP contribution in [0, 0.1) is 11.8 Å². The third-order valence-electron chi connectivity index (χ3n) is 3.42. The van der Waals surface area contributed by atoms with E-state index in [1.54, 1.807) is 18.5 Å². The Kier molecular flexibility index (Phi) is 5.48. The normalized spacial score (nSPS) is 12.0. The highest BCUT2D eigenvalue weighted by molar-refractivity contribution is 6.33. The van der Waals surface area contributed by atoms with Gasteiger partial charge in [-0.15, -0.1) is 0 Å². The highest BCUT2D eigenvalue weighted by Crippen LogP contribution is 2.25. The van der Waals surface area contributed by atoms with Crippen LogP contribution in [0.25, 0.3) is 0 Å². The third-order valence-corrected chi connectivity index (χ3v) is 3.69. The van der Waals surface area contributed by atoms with Crippen LogP contribution >= 0.6 is 11.6 Å². The smallest absolute Gasteiger partial charge is 0.359 e. The van der Waals surface area contributed by atoms with Crippen LogP contribution in [0.2, 0.25) is 5.02 Å². The Bertz CT molecular complexity index is 798. The molecule has 124 valence electrons. The predicted molar refractivity (Wildman–Crippen MR) is 95.0 cm³/mol. The van der Waals surface area contributed by atoms with Gasteiger partial charge in [-0.1, -0.05) is 60.4 Å². The van der Waals surface area contributed by atoms with Crippen LogP contribution in [-0.4, -0.2) is 21.4 Å². The molecule has 1 heterocycles. The van der Waals surface area contributed by atoms with E-state index < -0.39 is 11.6 Å². The Hall–Kier alpha value is -2.51. The molecule has 0 saturated heterocycles. The fraction of sp³-hybridized carbons (Fsp3) is 0.263. The first-order valence-electron chi connectivity index (χ1n) is 7.50. The zero-order valence-corrected chi connectivity index (χ0v) is 14.7. The van der Waals surface area contributed by atoms with Crippen molar-refractivity contribution in [2.45, 2.75) is 32.4 Å². The Balaban J connectivity index is 2.33. The fourth-order valence-electron chi connectivity index (χ4n) is 2.23. The molecule has 0 unspecified atom stereocenters. The SMILES string of the molecule is C=CC#CC(C)(C)OC(=O)c1c(Cl)cnn1[C@H](C)c1ccccc1. The number of carbonyl (C=O) groups is 1. The summed E-state index contributed by atoms with van der Waals surface area (Å²) in [5.74, 6) is 4.95. The van der Waals surface area contributed by atoms with E-state index in [-0.39, 0.29) is 16.8 Å². The summed E-state index contributed by atoms with van der Waals surface area (Å²) in [4.78, 5) is 12.6. The molecule has 0 spiro atoms. The Morgan fingerprint density at radius 3 is 2.71 bits per heavy atom. The standard InChI is InChI=1S/C19H19ClN2O2/c1-5-6-12-19(3,4)24-18(23)17-16(20)13-21-22(17)14(2)15-10-8-7-9-11-15/h5,7-11,13-14H,1H2,2-4H3/t14-/m1/s1. The van der Waals surface area contributed by atoms with Gasteiger partial charge in [0.1, 0.15) is 0 Å². The van der Waals surface area contributed by atoms with Gasteiger partial charge in [-0.05, 0) is 32.4 Å². The van der Waals surface area contributed by atoms with Crippen LogP contribution in [0.3, 0.4) is 0 Å². The van der Waals surface area contributed by atoms with Gasteiger partial charge in [-0.3, -0.25) is 0 Å². The van der Waals surface area contributed by atoms with Gasteiger partial charge in [0.15, 0.2) is 11.3 Å². The molecular formula is C19H19ClN2O2. The summed E-state index contributed by atoms with van der Waals surface area (Å²) in [7, 11) is 0. The second-order valence-electron chi connectivity index (χ2n) is 5.75. The molecule has 1 aromatic carbocycles. The first-order valence-corrected chi connectivity index (χ1v) is 7.88. The van der Waals surface area contributed by atoms with E-state index in [1.807, 2.05) is 37.3 Å². The zero-order chi connectivity index (χ0) is 17.7. The van der Waals surface area contributed by atoms with Crippen molar-refractivity contribution >= 4 is 17.6 Å². The van der Waals surface area contributed by atoms with Crippen molar-refractivity contribution in [2.75, 3.05) is 0 Å². The molecular weight excluding hydrogens is 324 g/mol. The zero-order valence-electron chi connectivity index (χ0n) is 13.9. The maximum absolute atomic E-state index is 12.6. The van der Waals surface area contributed by atoms with Gasteiger partial charge >= 0.3 is 5.97 Å². The third kappa shape index (κ3) is 4.06. The van der Waals surface area contributed by atoms with Crippen molar-refractivity contribution in [1.29, 1.82) is 0 Å². The number of allylic oxidation sites excluding steroid dienone is 1. The molecule has 24 heavy (non-hydrogen) atoms. The van der Waals surface area contributed by atoms with Gasteiger partial charge in [-0.25, -0.2) is 9.48 Å². The van der Waals surface area contributed by atoms with E-state index >= 15 is 0 Å². The minimum atomic E-state index is -0.959. The van der Waals surface area contributed by atoms with Crippen molar-refractivity contribution < 1.29 is 9.53 Å². The van der Waals surface area contributed by atoms with Crippen LogP contribution in [0.4, 0.5) is 0 Å². The second-order valence-corrected chi connectivity index (χ2v) is 6.15. The van der Waals surface area contributed by atoms with E-state index in [0.717, 1.165) is 5.56 Å². The molecule has 0 fully saturated rings. The number of hydrogen-bond acceptors (Lipinski definition) is 3. The average molecular weight is 343 g/mol. The molecule has 0 saturated carbocycles. The summed E-state index contributed by atoms with van der Waals surface area (Å²) in [6, 6.07) is 9.57.